The Bertz CT molecular complexity index is 575. The molecule has 88 valence electrons. The SMILES string of the molecule is Cc1cc(C(=O)c2ccc(Br)cc2F)sc1Cl. The molecule has 0 aliphatic rings. The lowest BCUT2D eigenvalue weighted by Crippen LogP contribution is -2.01. The summed E-state index contributed by atoms with van der Waals surface area (Å²) in [5.41, 5.74) is 0.892. The van der Waals surface area contributed by atoms with E-state index < -0.39 is 5.82 Å². The number of rotatable bonds is 2. The molecule has 2 aromatic rings. The highest BCUT2D eigenvalue weighted by Crippen LogP contribution is 2.29. The van der Waals surface area contributed by atoms with E-state index in [-0.39, 0.29) is 11.3 Å². The molecule has 0 fully saturated rings. The number of carbonyl (C=O) groups excluding carboxylic acids is 1. The second-order valence-electron chi connectivity index (χ2n) is 3.52. The Morgan fingerprint density at radius 2 is 2.12 bits per heavy atom. The first-order valence-corrected chi connectivity index (χ1v) is 6.73. The third-order valence-corrected chi connectivity index (χ3v) is 4.30. The summed E-state index contributed by atoms with van der Waals surface area (Å²) < 4.78 is 14.8. The molecular weight excluding hydrogens is 327 g/mol. The van der Waals surface area contributed by atoms with Gasteiger partial charge in [0.1, 0.15) is 5.82 Å². The third kappa shape index (κ3) is 2.59. The highest BCUT2D eigenvalue weighted by Gasteiger charge is 2.17. The van der Waals surface area contributed by atoms with Gasteiger partial charge in [0.05, 0.1) is 14.8 Å². The zero-order valence-electron chi connectivity index (χ0n) is 8.76. The lowest BCUT2D eigenvalue weighted by atomic mass is 10.1. The van der Waals surface area contributed by atoms with E-state index in [4.69, 9.17) is 11.6 Å². The molecular formula is C12H7BrClFOS. The molecule has 0 N–H and O–H groups in total. The standard InChI is InChI=1S/C12H7BrClFOS/c1-6-4-10(17-12(6)14)11(16)8-3-2-7(13)5-9(8)15/h2-5H,1H3. The summed E-state index contributed by atoms with van der Waals surface area (Å²) in [5, 5.41) is 0. The van der Waals surface area contributed by atoms with E-state index >= 15 is 0 Å². The minimum absolute atomic E-state index is 0.0612. The van der Waals surface area contributed by atoms with Crippen LogP contribution < -0.4 is 0 Å². The Hall–Kier alpha value is -0.710. The fraction of sp³-hybridized carbons (Fsp3) is 0.0833. The second-order valence-corrected chi connectivity index (χ2v) is 6.09. The number of benzene rings is 1. The van der Waals surface area contributed by atoms with Crippen molar-refractivity contribution < 1.29 is 9.18 Å². The molecule has 0 bridgehead atoms. The Kier molecular flexibility index (Phi) is 3.66. The highest BCUT2D eigenvalue weighted by atomic mass is 79.9. The van der Waals surface area contributed by atoms with Gasteiger partial charge >= 0.3 is 0 Å². The molecule has 0 saturated carbocycles. The van der Waals surface area contributed by atoms with Gasteiger partial charge in [-0.3, -0.25) is 4.79 Å². The van der Waals surface area contributed by atoms with Gasteiger partial charge < -0.3 is 0 Å². The molecule has 0 unspecified atom stereocenters. The summed E-state index contributed by atoms with van der Waals surface area (Å²) in [6, 6.07) is 6.05. The predicted octanol–water partition coefficient (Wildman–Crippen LogP) is 4.84. The molecule has 1 aromatic heterocycles. The van der Waals surface area contributed by atoms with Gasteiger partial charge in [0.15, 0.2) is 0 Å². The van der Waals surface area contributed by atoms with Crippen LogP contribution in [0.3, 0.4) is 0 Å². The van der Waals surface area contributed by atoms with Crippen LogP contribution in [0.1, 0.15) is 20.8 Å². The first-order valence-electron chi connectivity index (χ1n) is 4.74. The summed E-state index contributed by atoms with van der Waals surface area (Å²) in [7, 11) is 0. The Morgan fingerprint density at radius 3 is 2.65 bits per heavy atom. The lowest BCUT2D eigenvalue weighted by molar-refractivity contribution is 0.103. The van der Waals surface area contributed by atoms with Crippen LogP contribution in [0.2, 0.25) is 4.34 Å². The Balaban J connectivity index is 2.43. The highest BCUT2D eigenvalue weighted by molar-refractivity contribution is 9.10. The molecule has 0 amide bonds. The van der Waals surface area contributed by atoms with Crippen LogP contribution in [0.15, 0.2) is 28.7 Å². The van der Waals surface area contributed by atoms with Crippen molar-refractivity contribution in [2.24, 2.45) is 0 Å². The van der Waals surface area contributed by atoms with Gasteiger partial charge in [-0.25, -0.2) is 4.39 Å². The summed E-state index contributed by atoms with van der Waals surface area (Å²) in [5.74, 6) is -0.874. The van der Waals surface area contributed by atoms with Crippen LogP contribution in [0.25, 0.3) is 0 Å². The molecule has 2 rings (SSSR count). The van der Waals surface area contributed by atoms with Crippen molar-refractivity contribution in [2.75, 3.05) is 0 Å². The van der Waals surface area contributed by atoms with Crippen molar-refractivity contribution in [1.82, 2.24) is 0 Å². The number of ketones is 1. The number of aryl methyl sites for hydroxylation is 1. The lowest BCUT2D eigenvalue weighted by Gasteiger charge is -2.00. The number of thiophene rings is 1. The van der Waals surface area contributed by atoms with Crippen molar-refractivity contribution >= 4 is 44.7 Å². The molecule has 0 aliphatic carbocycles. The number of hydrogen-bond donors (Lipinski definition) is 0. The molecule has 1 heterocycles. The van der Waals surface area contributed by atoms with Gasteiger partial charge in [-0.05, 0) is 36.8 Å². The van der Waals surface area contributed by atoms with E-state index in [1.54, 1.807) is 12.1 Å². The Labute approximate surface area is 115 Å². The van der Waals surface area contributed by atoms with Gasteiger partial charge in [0.25, 0.3) is 0 Å². The second kappa shape index (κ2) is 4.88. The zero-order chi connectivity index (χ0) is 12.6. The van der Waals surface area contributed by atoms with Crippen LogP contribution >= 0.6 is 38.9 Å². The topological polar surface area (TPSA) is 17.1 Å². The van der Waals surface area contributed by atoms with E-state index in [2.05, 4.69) is 15.9 Å². The van der Waals surface area contributed by atoms with Crippen molar-refractivity contribution in [3.05, 3.63) is 54.9 Å². The van der Waals surface area contributed by atoms with Gasteiger partial charge in [-0.2, -0.15) is 0 Å². The summed E-state index contributed by atoms with van der Waals surface area (Å²) in [6.45, 7) is 1.81. The van der Waals surface area contributed by atoms with Crippen LogP contribution in [-0.2, 0) is 0 Å². The van der Waals surface area contributed by atoms with Crippen molar-refractivity contribution in [3.63, 3.8) is 0 Å². The molecule has 1 aromatic carbocycles. The minimum atomic E-state index is -0.536. The molecule has 0 radical (unpaired) electrons. The molecule has 0 spiro atoms. The van der Waals surface area contributed by atoms with Crippen molar-refractivity contribution in [2.45, 2.75) is 6.92 Å². The molecule has 17 heavy (non-hydrogen) atoms. The normalized spacial score (nSPS) is 10.6. The monoisotopic (exact) mass is 332 g/mol. The number of hydrogen-bond acceptors (Lipinski definition) is 2. The maximum atomic E-state index is 13.6. The summed E-state index contributed by atoms with van der Waals surface area (Å²) in [6.07, 6.45) is 0. The molecule has 5 heteroatoms. The zero-order valence-corrected chi connectivity index (χ0v) is 11.9. The van der Waals surface area contributed by atoms with Gasteiger partial charge in [0.2, 0.25) is 5.78 Å². The fourth-order valence-corrected chi connectivity index (χ4v) is 2.87. The van der Waals surface area contributed by atoms with E-state index in [0.29, 0.717) is 13.7 Å². The quantitative estimate of drug-likeness (QED) is 0.719. The average molecular weight is 334 g/mol. The first kappa shape index (κ1) is 12.7. The largest absolute Gasteiger partial charge is 0.288 e. The average Bonchev–Trinajstić information content (AvgIpc) is 2.58. The van der Waals surface area contributed by atoms with E-state index in [1.165, 1.54) is 23.5 Å². The molecule has 0 atom stereocenters. The Morgan fingerprint density at radius 1 is 1.41 bits per heavy atom. The molecule has 0 saturated heterocycles. The first-order chi connectivity index (χ1) is 7.99. The molecule has 1 nitrogen and oxygen atoms in total. The van der Waals surface area contributed by atoms with Crippen LogP contribution in [-0.4, -0.2) is 5.78 Å². The maximum Gasteiger partial charge on any atom is 0.205 e. The summed E-state index contributed by atoms with van der Waals surface area (Å²) >= 11 is 10.2. The fourth-order valence-electron chi connectivity index (χ4n) is 1.38. The summed E-state index contributed by atoms with van der Waals surface area (Å²) in [4.78, 5) is 12.5. The predicted molar refractivity (Wildman–Crippen MR) is 71.6 cm³/mol. The third-order valence-electron chi connectivity index (χ3n) is 2.26. The van der Waals surface area contributed by atoms with Crippen molar-refractivity contribution in [1.29, 1.82) is 0 Å². The van der Waals surface area contributed by atoms with E-state index in [9.17, 15) is 9.18 Å². The minimum Gasteiger partial charge on any atom is -0.288 e. The van der Waals surface area contributed by atoms with Crippen molar-refractivity contribution in [3.8, 4) is 0 Å². The van der Waals surface area contributed by atoms with E-state index in [0.717, 1.165) is 5.56 Å². The number of halogens is 3. The van der Waals surface area contributed by atoms with Crippen LogP contribution in [0, 0.1) is 12.7 Å². The smallest absolute Gasteiger partial charge is 0.205 e. The van der Waals surface area contributed by atoms with Crippen LogP contribution in [0.4, 0.5) is 4.39 Å². The van der Waals surface area contributed by atoms with E-state index in [1.807, 2.05) is 6.92 Å². The maximum absolute atomic E-state index is 13.6. The van der Waals surface area contributed by atoms with Gasteiger partial charge in [-0.1, -0.05) is 27.5 Å². The number of carbonyl (C=O) groups is 1. The van der Waals surface area contributed by atoms with Gasteiger partial charge in [0, 0.05) is 4.47 Å². The molecule has 0 aliphatic heterocycles. The van der Waals surface area contributed by atoms with Crippen LogP contribution in [0.5, 0.6) is 0 Å². The van der Waals surface area contributed by atoms with Gasteiger partial charge in [-0.15, -0.1) is 11.3 Å².